The number of allylic oxidation sites excluding steroid dienone is 1. The van der Waals surface area contributed by atoms with Gasteiger partial charge < -0.3 is 24.8 Å². The molecule has 7 heteroatoms. The van der Waals surface area contributed by atoms with Crippen molar-refractivity contribution in [1.29, 1.82) is 0 Å². The number of fused-ring (bicyclic) bond motifs is 7. The van der Waals surface area contributed by atoms with E-state index < -0.39 is 30.3 Å². The summed E-state index contributed by atoms with van der Waals surface area (Å²) in [4.78, 5) is 25.4. The van der Waals surface area contributed by atoms with Gasteiger partial charge in [0.1, 0.15) is 18.8 Å². The third kappa shape index (κ3) is 4.33. The number of carboxylic acids is 1. The molecule has 0 aromatic heterocycles. The van der Waals surface area contributed by atoms with Crippen LogP contribution in [0.25, 0.3) is 0 Å². The number of hydrogen-bond acceptors (Lipinski definition) is 6. The molecule has 0 saturated heterocycles. The normalized spacial score (nSPS) is 47.1. The molecule has 5 fully saturated rings. The summed E-state index contributed by atoms with van der Waals surface area (Å²) in [6.07, 6.45) is 7.49. The molecule has 0 aromatic rings. The summed E-state index contributed by atoms with van der Waals surface area (Å²) in [5.74, 6) is 1.21. The van der Waals surface area contributed by atoms with Gasteiger partial charge in [0.15, 0.2) is 0 Å². The SMILES string of the molecule is C=C(C)[C@@H]1CC[C@]2(C(=O)O)CC[C@]3(C)[C@H](CCC4[C@@]5(C)CC[C@H](OC(=O)OCC(O)CO)C(C)(C)[C@@H]5CC[C@]43C)[C@@H]12. The first kappa shape index (κ1) is 30.8. The van der Waals surface area contributed by atoms with Gasteiger partial charge in [-0.2, -0.15) is 0 Å². The van der Waals surface area contributed by atoms with Crippen LogP contribution in [0.3, 0.4) is 0 Å². The van der Waals surface area contributed by atoms with Gasteiger partial charge in [-0.3, -0.25) is 4.79 Å². The third-order valence-electron chi connectivity index (χ3n) is 14.3. The molecular weight excluding hydrogens is 520 g/mol. The van der Waals surface area contributed by atoms with Crippen LogP contribution < -0.4 is 0 Å². The molecular formula is C34H54O7. The van der Waals surface area contributed by atoms with Crippen LogP contribution in [0.2, 0.25) is 0 Å². The molecule has 5 aliphatic carbocycles. The molecule has 0 heterocycles. The highest BCUT2D eigenvalue weighted by Gasteiger charge is 2.72. The second-order valence-corrected chi connectivity index (χ2v) is 16.0. The van der Waals surface area contributed by atoms with Gasteiger partial charge >= 0.3 is 12.1 Å². The molecule has 0 amide bonds. The second kappa shape index (κ2) is 10.2. The van der Waals surface area contributed by atoms with Gasteiger partial charge in [0.05, 0.1) is 12.0 Å². The Kier molecular flexibility index (Phi) is 7.71. The number of aliphatic hydroxyl groups is 2. The summed E-state index contributed by atoms with van der Waals surface area (Å²) in [7, 11) is 0. The molecule has 41 heavy (non-hydrogen) atoms. The first-order valence-corrected chi connectivity index (χ1v) is 16.1. The second-order valence-electron chi connectivity index (χ2n) is 16.0. The number of aliphatic hydroxyl groups excluding tert-OH is 2. The number of carboxylic acid groups (broad SMARTS) is 1. The number of hydrogen-bond donors (Lipinski definition) is 3. The van der Waals surface area contributed by atoms with Crippen LogP contribution in [0.15, 0.2) is 12.2 Å². The van der Waals surface area contributed by atoms with E-state index in [0.717, 1.165) is 69.8 Å². The summed E-state index contributed by atoms with van der Waals surface area (Å²) >= 11 is 0. The summed E-state index contributed by atoms with van der Waals surface area (Å²) in [5, 5.41) is 29.2. The highest BCUT2D eigenvalue weighted by molar-refractivity contribution is 5.76. The molecule has 5 aliphatic rings. The fourth-order valence-electron chi connectivity index (χ4n) is 12.1. The van der Waals surface area contributed by atoms with Crippen LogP contribution in [0.5, 0.6) is 0 Å². The average Bonchev–Trinajstić information content (AvgIpc) is 3.31. The Morgan fingerprint density at radius 2 is 1.61 bits per heavy atom. The smallest absolute Gasteiger partial charge is 0.481 e. The van der Waals surface area contributed by atoms with Crippen LogP contribution in [-0.2, 0) is 14.3 Å². The minimum Gasteiger partial charge on any atom is -0.481 e. The molecule has 2 unspecified atom stereocenters. The predicted octanol–water partition coefficient (Wildman–Crippen LogP) is 6.60. The number of carbonyl (C=O) groups is 2. The Bertz CT molecular complexity index is 1070. The molecule has 0 aliphatic heterocycles. The molecule has 5 rings (SSSR count). The minimum atomic E-state index is -1.10. The van der Waals surface area contributed by atoms with E-state index in [9.17, 15) is 19.8 Å². The van der Waals surface area contributed by atoms with Crippen molar-refractivity contribution in [3.63, 3.8) is 0 Å². The fraction of sp³-hybridized carbons (Fsp3) is 0.882. The van der Waals surface area contributed by atoms with E-state index in [4.69, 9.17) is 14.6 Å². The van der Waals surface area contributed by atoms with Crippen molar-refractivity contribution in [2.24, 2.45) is 56.7 Å². The van der Waals surface area contributed by atoms with Crippen molar-refractivity contribution in [1.82, 2.24) is 0 Å². The molecule has 11 atom stereocenters. The van der Waals surface area contributed by atoms with Crippen molar-refractivity contribution in [2.45, 2.75) is 118 Å². The molecule has 0 radical (unpaired) electrons. The van der Waals surface area contributed by atoms with E-state index in [1.807, 2.05) is 0 Å². The third-order valence-corrected chi connectivity index (χ3v) is 14.3. The predicted molar refractivity (Wildman–Crippen MR) is 156 cm³/mol. The van der Waals surface area contributed by atoms with Crippen LogP contribution in [0.1, 0.15) is 106 Å². The zero-order chi connectivity index (χ0) is 30.2. The van der Waals surface area contributed by atoms with Gasteiger partial charge in [-0.15, -0.1) is 0 Å². The van der Waals surface area contributed by atoms with Gasteiger partial charge in [0.25, 0.3) is 0 Å². The molecule has 0 bridgehead atoms. The Hall–Kier alpha value is -1.60. The largest absolute Gasteiger partial charge is 0.508 e. The summed E-state index contributed by atoms with van der Waals surface area (Å²) in [5.41, 5.74) is 0.637. The zero-order valence-electron chi connectivity index (χ0n) is 26.2. The van der Waals surface area contributed by atoms with E-state index in [1.54, 1.807) is 0 Å². The van der Waals surface area contributed by atoms with E-state index in [2.05, 4.69) is 48.1 Å². The van der Waals surface area contributed by atoms with Crippen LogP contribution in [0.4, 0.5) is 4.79 Å². The highest BCUT2D eigenvalue weighted by Crippen LogP contribution is 2.77. The van der Waals surface area contributed by atoms with E-state index in [1.165, 1.54) is 0 Å². The summed E-state index contributed by atoms with van der Waals surface area (Å²) < 4.78 is 11.0. The Labute approximate surface area is 246 Å². The number of carbonyl (C=O) groups excluding carboxylic acids is 1. The molecule has 232 valence electrons. The van der Waals surface area contributed by atoms with Gasteiger partial charge in [0.2, 0.25) is 0 Å². The van der Waals surface area contributed by atoms with Crippen molar-refractivity contribution < 1.29 is 34.4 Å². The topological polar surface area (TPSA) is 113 Å². The van der Waals surface area contributed by atoms with Gasteiger partial charge in [-0.25, -0.2) is 4.79 Å². The Morgan fingerprint density at radius 1 is 0.902 bits per heavy atom. The van der Waals surface area contributed by atoms with E-state index >= 15 is 0 Å². The maximum Gasteiger partial charge on any atom is 0.508 e. The number of aliphatic carboxylic acids is 1. The maximum atomic E-state index is 12.9. The van der Waals surface area contributed by atoms with Crippen LogP contribution >= 0.6 is 0 Å². The summed E-state index contributed by atoms with van der Waals surface area (Å²) in [6.45, 7) is 17.8. The highest BCUT2D eigenvalue weighted by atomic mass is 16.7. The molecule has 0 spiro atoms. The maximum absolute atomic E-state index is 12.9. The van der Waals surface area contributed by atoms with Gasteiger partial charge in [0, 0.05) is 5.41 Å². The van der Waals surface area contributed by atoms with E-state index in [-0.39, 0.29) is 40.3 Å². The average molecular weight is 575 g/mol. The fourth-order valence-corrected chi connectivity index (χ4v) is 12.1. The molecule has 7 nitrogen and oxygen atoms in total. The number of rotatable bonds is 6. The Morgan fingerprint density at radius 3 is 2.24 bits per heavy atom. The first-order valence-electron chi connectivity index (χ1n) is 16.1. The lowest BCUT2D eigenvalue weighted by Crippen LogP contribution is -2.67. The lowest BCUT2D eigenvalue weighted by molar-refractivity contribution is -0.248. The van der Waals surface area contributed by atoms with Crippen molar-refractivity contribution in [3.8, 4) is 0 Å². The quantitative estimate of drug-likeness (QED) is 0.242. The van der Waals surface area contributed by atoms with Crippen molar-refractivity contribution in [2.75, 3.05) is 13.2 Å². The Balaban J connectivity index is 1.41. The van der Waals surface area contributed by atoms with Gasteiger partial charge in [-0.1, -0.05) is 46.8 Å². The first-order chi connectivity index (χ1) is 19.1. The lowest BCUT2D eigenvalue weighted by atomic mass is 9.32. The minimum absolute atomic E-state index is 0.0837. The van der Waals surface area contributed by atoms with Gasteiger partial charge in [-0.05, 0) is 117 Å². The monoisotopic (exact) mass is 574 g/mol. The molecule has 3 N–H and O–H groups in total. The number of ether oxygens (including phenoxy) is 2. The van der Waals surface area contributed by atoms with Crippen LogP contribution in [-0.4, -0.2) is 52.9 Å². The molecule has 5 saturated carbocycles. The zero-order valence-corrected chi connectivity index (χ0v) is 26.2. The summed E-state index contributed by atoms with van der Waals surface area (Å²) in [6, 6.07) is 0. The van der Waals surface area contributed by atoms with E-state index in [0.29, 0.717) is 23.7 Å². The molecule has 0 aromatic carbocycles. The standard InChI is InChI=1S/C34H54O7/c1-20(2)22-10-15-34(28(37)38)17-16-32(6)23(27(22)34)8-9-25-31(5)13-12-26(41-29(39)40-19-21(36)18-35)30(3,4)24(31)11-14-33(25,32)7/h21-27,35-36H,1,8-19H2,2-7H3,(H,37,38)/t21?,22-,23+,24-,25?,26-,27+,31-,32+,33+,34-/m0/s1. The lowest BCUT2D eigenvalue weighted by Gasteiger charge is -2.72. The van der Waals surface area contributed by atoms with Crippen molar-refractivity contribution in [3.05, 3.63) is 12.2 Å². The van der Waals surface area contributed by atoms with Crippen LogP contribution in [0, 0.1) is 56.7 Å². The van der Waals surface area contributed by atoms with Crippen molar-refractivity contribution >= 4 is 12.1 Å².